The summed E-state index contributed by atoms with van der Waals surface area (Å²) in [6.45, 7) is 8.54. The second kappa shape index (κ2) is 8.43. The third-order valence-corrected chi connectivity index (χ3v) is 4.43. The van der Waals surface area contributed by atoms with Crippen molar-refractivity contribution in [3.05, 3.63) is 40.2 Å². The lowest BCUT2D eigenvalue weighted by atomic mass is 10.2. The van der Waals surface area contributed by atoms with Gasteiger partial charge in [0.1, 0.15) is 5.75 Å². The molecule has 27 heavy (non-hydrogen) atoms. The minimum absolute atomic E-state index is 0.433. The molecule has 0 aliphatic heterocycles. The van der Waals surface area contributed by atoms with Crippen molar-refractivity contribution in [2.24, 2.45) is 7.05 Å². The lowest BCUT2D eigenvalue weighted by Crippen LogP contribution is -2.35. The topological polar surface area (TPSA) is 82.4 Å². The maximum atomic E-state index is 12.4. The van der Waals surface area contributed by atoms with Crippen molar-refractivity contribution in [3.8, 4) is 5.75 Å². The molecule has 1 aromatic carbocycles. The van der Waals surface area contributed by atoms with E-state index in [1.807, 2.05) is 13.8 Å². The zero-order chi connectivity index (χ0) is 20.3. The van der Waals surface area contributed by atoms with Gasteiger partial charge in [-0.3, -0.25) is 9.48 Å². The van der Waals surface area contributed by atoms with Gasteiger partial charge in [-0.25, -0.2) is 4.79 Å². The Labute approximate surface area is 163 Å². The maximum absolute atomic E-state index is 12.4. The number of amides is 1. The molecule has 2 unspecified atom stereocenters. The molecule has 0 aliphatic rings. The molecule has 2 atom stereocenters. The average molecular weight is 394 g/mol. The van der Waals surface area contributed by atoms with Gasteiger partial charge in [-0.05, 0) is 58.4 Å². The Bertz CT molecular complexity index is 863. The van der Waals surface area contributed by atoms with Crippen molar-refractivity contribution in [3.63, 3.8) is 0 Å². The van der Waals surface area contributed by atoms with Crippen LogP contribution in [0.5, 0.6) is 5.75 Å². The predicted octanol–water partition coefficient (Wildman–Crippen LogP) is 3.34. The standard InChI is InChI=1S/C19H24ClN3O4/c1-10-9-15(20)7-8-16(10)26-14(5)19(25)27-13(4)18(24)21-17-11(2)22-23(6)12(17)3/h7-9,13-14H,1-6H3,(H,21,24). The van der Waals surface area contributed by atoms with Crippen LogP contribution >= 0.6 is 11.6 Å². The molecule has 146 valence electrons. The molecule has 2 rings (SSSR count). The summed E-state index contributed by atoms with van der Waals surface area (Å²) >= 11 is 5.91. The molecule has 2 aromatic rings. The third-order valence-electron chi connectivity index (χ3n) is 4.19. The number of halogens is 1. The molecule has 0 saturated heterocycles. The Morgan fingerprint density at radius 2 is 1.85 bits per heavy atom. The highest BCUT2D eigenvalue weighted by Crippen LogP contribution is 2.23. The lowest BCUT2D eigenvalue weighted by molar-refractivity contribution is -0.159. The molecule has 0 saturated carbocycles. The van der Waals surface area contributed by atoms with Crippen LogP contribution in [0.4, 0.5) is 5.69 Å². The molecule has 8 heteroatoms. The smallest absolute Gasteiger partial charge is 0.347 e. The number of hydrogen-bond donors (Lipinski definition) is 1. The van der Waals surface area contributed by atoms with Crippen molar-refractivity contribution in [1.29, 1.82) is 0 Å². The molecule has 0 aliphatic carbocycles. The lowest BCUT2D eigenvalue weighted by Gasteiger charge is -2.18. The summed E-state index contributed by atoms with van der Waals surface area (Å²) in [6, 6.07) is 5.10. The fourth-order valence-corrected chi connectivity index (χ4v) is 2.71. The van der Waals surface area contributed by atoms with Crippen molar-refractivity contribution in [2.45, 2.75) is 46.8 Å². The first-order valence-corrected chi connectivity index (χ1v) is 8.92. The van der Waals surface area contributed by atoms with Crippen LogP contribution in [0.25, 0.3) is 0 Å². The number of aryl methyl sites for hydroxylation is 3. The van der Waals surface area contributed by atoms with Crippen LogP contribution in [0, 0.1) is 20.8 Å². The second-order valence-electron chi connectivity index (χ2n) is 6.41. The van der Waals surface area contributed by atoms with Crippen molar-refractivity contribution in [2.75, 3.05) is 5.32 Å². The number of esters is 1. The van der Waals surface area contributed by atoms with Crippen LogP contribution in [-0.4, -0.2) is 33.9 Å². The first-order valence-electron chi connectivity index (χ1n) is 8.54. The highest BCUT2D eigenvalue weighted by atomic mass is 35.5. The number of nitrogens with zero attached hydrogens (tertiary/aromatic N) is 2. The van der Waals surface area contributed by atoms with E-state index in [1.165, 1.54) is 6.92 Å². The summed E-state index contributed by atoms with van der Waals surface area (Å²) in [6.07, 6.45) is -1.85. The van der Waals surface area contributed by atoms with Crippen LogP contribution in [0.2, 0.25) is 5.02 Å². The van der Waals surface area contributed by atoms with Gasteiger partial charge in [-0.2, -0.15) is 5.10 Å². The fourth-order valence-electron chi connectivity index (χ4n) is 2.49. The van der Waals surface area contributed by atoms with Gasteiger partial charge in [0, 0.05) is 12.1 Å². The SMILES string of the molecule is Cc1cc(Cl)ccc1OC(C)C(=O)OC(C)C(=O)Nc1c(C)nn(C)c1C. The molecule has 1 amide bonds. The van der Waals surface area contributed by atoms with E-state index in [0.29, 0.717) is 22.2 Å². The van der Waals surface area contributed by atoms with Crippen LogP contribution in [0.3, 0.4) is 0 Å². The number of hydrogen-bond acceptors (Lipinski definition) is 5. The summed E-state index contributed by atoms with van der Waals surface area (Å²) in [5, 5.41) is 7.58. The summed E-state index contributed by atoms with van der Waals surface area (Å²) in [4.78, 5) is 24.6. The van der Waals surface area contributed by atoms with E-state index in [1.54, 1.807) is 43.8 Å². The zero-order valence-electron chi connectivity index (χ0n) is 16.3. The summed E-state index contributed by atoms with van der Waals surface area (Å²) in [5.74, 6) is -0.536. The Morgan fingerprint density at radius 3 is 2.41 bits per heavy atom. The monoisotopic (exact) mass is 393 g/mol. The number of carbonyl (C=O) groups excluding carboxylic acids is 2. The second-order valence-corrected chi connectivity index (χ2v) is 6.84. The van der Waals surface area contributed by atoms with E-state index in [-0.39, 0.29) is 0 Å². The Morgan fingerprint density at radius 1 is 1.19 bits per heavy atom. The van der Waals surface area contributed by atoms with Crippen LogP contribution in [-0.2, 0) is 21.4 Å². The van der Waals surface area contributed by atoms with Crippen molar-refractivity contribution >= 4 is 29.2 Å². The zero-order valence-corrected chi connectivity index (χ0v) is 17.0. The Kier molecular flexibility index (Phi) is 6.49. The molecule has 7 nitrogen and oxygen atoms in total. The van der Waals surface area contributed by atoms with E-state index in [0.717, 1.165) is 11.3 Å². The normalized spacial score (nSPS) is 13.0. The van der Waals surface area contributed by atoms with E-state index >= 15 is 0 Å². The van der Waals surface area contributed by atoms with Gasteiger partial charge in [-0.15, -0.1) is 0 Å². The van der Waals surface area contributed by atoms with E-state index in [2.05, 4.69) is 10.4 Å². The molecule has 0 spiro atoms. The summed E-state index contributed by atoms with van der Waals surface area (Å²) in [5.41, 5.74) is 2.92. The van der Waals surface area contributed by atoms with E-state index < -0.39 is 24.1 Å². The molecule has 0 bridgehead atoms. The Balaban J connectivity index is 1.96. The van der Waals surface area contributed by atoms with Gasteiger partial charge in [0.05, 0.1) is 17.1 Å². The summed E-state index contributed by atoms with van der Waals surface area (Å²) < 4.78 is 12.5. The van der Waals surface area contributed by atoms with Crippen molar-refractivity contribution < 1.29 is 19.1 Å². The quantitative estimate of drug-likeness (QED) is 0.761. The molecule has 0 radical (unpaired) electrons. The number of benzene rings is 1. The predicted molar refractivity (Wildman–Crippen MR) is 103 cm³/mol. The number of nitrogens with one attached hydrogen (secondary N) is 1. The van der Waals surface area contributed by atoms with Crippen LogP contribution in [0.1, 0.15) is 30.8 Å². The first-order chi connectivity index (χ1) is 12.6. The molecule has 1 aromatic heterocycles. The largest absolute Gasteiger partial charge is 0.479 e. The molecule has 1 heterocycles. The Hall–Kier alpha value is -2.54. The number of anilines is 1. The van der Waals surface area contributed by atoms with E-state index in [9.17, 15) is 9.59 Å². The highest BCUT2D eigenvalue weighted by molar-refractivity contribution is 6.30. The third kappa shape index (κ3) is 5.01. The van der Waals surface area contributed by atoms with Gasteiger partial charge in [0.2, 0.25) is 0 Å². The van der Waals surface area contributed by atoms with E-state index in [4.69, 9.17) is 21.1 Å². The van der Waals surface area contributed by atoms with Gasteiger partial charge in [0.25, 0.3) is 5.91 Å². The van der Waals surface area contributed by atoms with Gasteiger partial charge < -0.3 is 14.8 Å². The molecular weight excluding hydrogens is 370 g/mol. The van der Waals surface area contributed by atoms with Crippen LogP contribution < -0.4 is 10.1 Å². The fraction of sp³-hybridized carbons (Fsp3) is 0.421. The highest BCUT2D eigenvalue weighted by Gasteiger charge is 2.25. The summed E-state index contributed by atoms with van der Waals surface area (Å²) in [7, 11) is 1.79. The number of ether oxygens (including phenoxy) is 2. The van der Waals surface area contributed by atoms with Gasteiger partial charge >= 0.3 is 5.97 Å². The van der Waals surface area contributed by atoms with Crippen LogP contribution in [0.15, 0.2) is 18.2 Å². The molecule has 1 N–H and O–H groups in total. The number of carbonyl (C=O) groups is 2. The first kappa shape index (κ1) is 20.8. The molecular formula is C19H24ClN3O4. The van der Waals surface area contributed by atoms with Gasteiger partial charge in [-0.1, -0.05) is 11.6 Å². The number of aromatic nitrogens is 2. The van der Waals surface area contributed by atoms with Gasteiger partial charge in [0.15, 0.2) is 12.2 Å². The van der Waals surface area contributed by atoms with Crippen molar-refractivity contribution in [1.82, 2.24) is 9.78 Å². The minimum atomic E-state index is -0.978. The maximum Gasteiger partial charge on any atom is 0.347 e. The molecule has 0 fully saturated rings. The average Bonchev–Trinajstić information content (AvgIpc) is 2.83. The minimum Gasteiger partial charge on any atom is -0.479 e. The number of rotatable bonds is 6.